The van der Waals surface area contributed by atoms with Crippen LogP contribution in [0, 0.1) is 0 Å². The molecule has 0 saturated carbocycles. The van der Waals surface area contributed by atoms with Crippen molar-refractivity contribution < 1.29 is 19.4 Å². The van der Waals surface area contributed by atoms with Crippen LogP contribution in [-0.4, -0.2) is 31.4 Å². The van der Waals surface area contributed by atoms with E-state index in [1.54, 1.807) is 30.3 Å². The van der Waals surface area contributed by atoms with Gasteiger partial charge in [-0.1, -0.05) is 36.4 Å². The molecule has 0 bridgehead atoms. The van der Waals surface area contributed by atoms with Crippen LogP contribution in [0.4, 0.5) is 0 Å². The summed E-state index contributed by atoms with van der Waals surface area (Å²) in [5, 5.41) is 13.8. The number of hydrazone groups is 1. The molecule has 0 heterocycles. The number of para-hydroxylation sites is 1. The summed E-state index contributed by atoms with van der Waals surface area (Å²) in [6.07, 6.45) is 0.584. The molecule has 1 atom stereocenters. The molecular weight excluding hydrogens is 296 g/mol. The van der Waals surface area contributed by atoms with Crippen molar-refractivity contribution in [1.29, 1.82) is 0 Å². The van der Waals surface area contributed by atoms with Gasteiger partial charge in [-0.25, -0.2) is 5.43 Å². The number of ether oxygens (including phenoxy) is 2. The highest BCUT2D eigenvalue weighted by Gasteiger charge is 2.19. The topological polar surface area (TPSA) is 80.2 Å². The van der Waals surface area contributed by atoms with Crippen LogP contribution in [0.5, 0.6) is 11.5 Å². The summed E-state index contributed by atoms with van der Waals surface area (Å²) in [4.78, 5) is 12.1. The van der Waals surface area contributed by atoms with Gasteiger partial charge in [0.05, 0.1) is 13.3 Å². The maximum atomic E-state index is 12.1. The Morgan fingerprint density at radius 3 is 2.57 bits per heavy atom. The van der Waals surface area contributed by atoms with Crippen LogP contribution < -0.4 is 10.2 Å². The Bertz CT molecular complexity index is 686. The number of aromatic hydroxyl groups is 1. The first-order valence-corrected chi connectivity index (χ1v) is 6.94. The SMILES string of the molecule is COc1cccc(/C=N/NC(=O)C(OC)c2ccccc2)c1O. The number of nitrogens with one attached hydrogen (secondary N) is 1. The van der Waals surface area contributed by atoms with Crippen LogP contribution in [0.1, 0.15) is 17.2 Å². The van der Waals surface area contributed by atoms with Crippen molar-refractivity contribution in [2.45, 2.75) is 6.10 Å². The van der Waals surface area contributed by atoms with E-state index in [1.165, 1.54) is 20.4 Å². The highest BCUT2D eigenvalue weighted by atomic mass is 16.5. The standard InChI is InChI=1S/C17H18N2O4/c1-22-14-10-6-9-13(15(14)20)11-18-19-17(21)16(23-2)12-7-4-3-5-8-12/h3-11,16,20H,1-2H3,(H,19,21)/b18-11+. The lowest BCUT2D eigenvalue weighted by Crippen LogP contribution is -2.26. The first-order chi connectivity index (χ1) is 11.2. The number of hydrogen-bond acceptors (Lipinski definition) is 5. The van der Waals surface area contributed by atoms with E-state index in [2.05, 4.69) is 10.5 Å². The fraction of sp³-hybridized carbons (Fsp3) is 0.176. The van der Waals surface area contributed by atoms with Crippen LogP contribution in [0.15, 0.2) is 53.6 Å². The second-order valence-corrected chi connectivity index (χ2v) is 4.66. The van der Waals surface area contributed by atoms with Gasteiger partial charge in [0.2, 0.25) is 0 Å². The molecular formula is C17H18N2O4. The summed E-state index contributed by atoms with van der Waals surface area (Å²) in [5.41, 5.74) is 3.56. The molecule has 1 unspecified atom stereocenters. The van der Waals surface area contributed by atoms with Crippen LogP contribution in [0.3, 0.4) is 0 Å². The Hall–Kier alpha value is -2.86. The molecule has 2 aromatic rings. The molecule has 2 N–H and O–H groups in total. The van der Waals surface area contributed by atoms with Gasteiger partial charge in [-0.15, -0.1) is 0 Å². The number of phenolic OH excluding ortho intramolecular Hbond substituents is 1. The summed E-state index contributed by atoms with van der Waals surface area (Å²) < 4.78 is 10.2. The molecule has 23 heavy (non-hydrogen) atoms. The number of benzene rings is 2. The van der Waals surface area contributed by atoms with Gasteiger partial charge in [-0.05, 0) is 17.7 Å². The van der Waals surface area contributed by atoms with Crippen molar-refractivity contribution in [1.82, 2.24) is 5.43 Å². The number of phenols is 1. The lowest BCUT2D eigenvalue weighted by atomic mass is 10.1. The Morgan fingerprint density at radius 1 is 1.17 bits per heavy atom. The number of hydrogen-bond donors (Lipinski definition) is 2. The predicted octanol–water partition coefficient (Wildman–Crippen LogP) is 2.24. The fourth-order valence-electron chi connectivity index (χ4n) is 2.05. The maximum absolute atomic E-state index is 12.1. The summed E-state index contributed by atoms with van der Waals surface area (Å²) >= 11 is 0. The summed E-state index contributed by atoms with van der Waals surface area (Å²) in [7, 11) is 2.91. The predicted molar refractivity (Wildman–Crippen MR) is 86.6 cm³/mol. The van der Waals surface area contributed by atoms with Gasteiger partial charge in [0, 0.05) is 12.7 Å². The highest BCUT2D eigenvalue weighted by Crippen LogP contribution is 2.27. The van der Waals surface area contributed by atoms with Gasteiger partial charge in [-0.2, -0.15) is 5.10 Å². The molecule has 0 saturated heterocycles. The molecule has 0 fully saturated rings. The molecule has 2 aromatic carbocycles. The highest BCUT2D eigenvalue weighted by molar-refractivity contribution is 5.87. The zero-order valence-electron chi connectivity index (χ0n) is 12.9. The van der Waals surface area contributed by atoms with Crippen molar-refractivity contribution in [3.05, 3.63) is 59.7 Å². The molecule has 6 heteroatoms. The molecule has 1 amide bonds. The van der Waals surface area contributed by atoms with Gasteiger partial charge >= 0.3 is 0 Å². The van der Waals surface area contributed by atoms with Gasteiger partial charge in [0.25, 0.3) is 5.91 Å². The smallest absolute Gasteiger partial charge is 0.273 e. The number of amides is 1. The molecule has 6 nitrogen and oxygen atoms in total. The van der Waals surface area contributed by atoms with Crippen molar-refractivity contribution in [3.8, 4) is 11.5 Å². The Kier molecular flexibility index (Phi) is 5.71. The van der Waals surface area contributed by atoms with Crippen LogP contribution in [0.25, 0.3) is 0 Å². The first-order valence-electron chi connectivity index (χ1n) is 6.94. The van der Waals surface area contributed by atoms with E-state index >= 15 is 0 Å². The van der Waals surface area contributed by atoms with E-state index in [4.69, 9.17) is 9.47 Å². The molecule has 0 aliphatic heterocycles. The van der Waals surface area contributed by atoms with Crippen LogP contribution in [0.2, 0.25) is 0 Å². The molecule has 0 aliphatic carbocycles. The number of carbonyl (C=O) groups is 1. The third-order valence-electron chi connectivity index (χ3n) is 3.20. The third-order valence-corrected chi connectivity index (χ3v) is 3.20. The molecule has 120 valence electrons. The zero-order valence-corrected chi connectivity index (χ0v) is 12.9. The average Bonchev–Trinajstić information content (AvgIpc) is 2.58. The molecule has 0 radical (unpaired) electrons. The van der Waals surface area contributed by atoms with Gasteiger partial charge in [0.15, 0.2) is 17.6 Å². The van der Waals surface area contributed by atoms with Crippen LogP contribution >= 0.6 is 0 Å². The van der Waals surface area contributed by atoms with E-state index in [0.717, 1.165) is 5.56 Å². The maximum Gasteiger partial charge on any atom is 0.273 e. The Labute approximate surface area is 134 Å². The normalized spacial score (nSPS) is 12.1. The minimum atomic E-state index is -0.757. The van der Waals surface area contributed by atoms with E-state index in [0.29, 0.717) is 11.3 Å². The zero-order chi connectivity index (χ0) is 16.7. The molecule has 0 aromatic heterocycles. The van der Waals surface area contributed by atoms with Crippen molar-refractivity contribution in [3.63, 3.8) is 0 Å². The fourth-order valence-corrected chi connectivity index (χ4v) is 2.05. The van der Waals surface area contributed by atoms with Crippen molar-refractivity contribution >= 4 is 12.1 Å². The number of carbonyl (C=O) groups excluding carboxylic acids is 1. The van der Waals surface area contributed by atoms with E-state index in [9.17, 15) is 9.90 Å². The number of nitrogens with zero attached hydrogens (tertiary/aromatic N) is 1. The summed E-state index contributed by atoms with van der Waals surface area (Å²) in [6.45, 7) is 0. The van der Waals surface area contributed by atoms with Crippen LogP contribution in [-0.2, 0) is 9.53 Å². The quantitative estimate of drug-likeness (QED) is 0.633. The molecule has 2 rings (SSSR count). The van der Waals surface area contributed by atoms with Gasteiger partial charge < -0.3 is 14.6 Å². The lowest BCUT2D eigenvalue weighted by molar-refractivity contribution is -0.131. The largest absolute Gasteiger partial charge is 0.504 e. The monoisotopic (exact) mass is 314 g/mol. The third kappa shape index (κ3) is 4.08. The lowest BCUT2D eigenvalue weighted by Gasteiger charge is -2.13. The minimum absolute atomic E-state index is 0.0423. The van der Waals surface area contributed by atoms with E-state index < -0.39 is 12.0 Å². The van der Waals surface area contributed by atoms with E-state index in [1.807, 2.05) is 18.2 Å². The summed E-state index contributed by atoms with van der Waals surface area (Å²) in [6, 6.07) is 14.1. The second-order valence-electron chi connectivity index (χ2n) is 4.66. The van der Waals surface area contributed by atoms with Gasteiger partial charge in [-0.3, -0.25) is 4.79 Å². The van der Waals surface area contributed by atoms with Crippen molar-refractivity contribution in [2.75, 3.05) is 14.2 Å². The minimum Gasteiger partial charge on any atom is -0.504 e. The Morgan fingerprint density at radius 2 is 1.91 bits per heavy atom. The number of methoxy groups -OCH3 is 2. The van der Waals surface area contributed by atoms with Crippen molar-refractivity contribution in [2.24, 2.45) is 5.10 Å². The average molecular weight is 314 g/mol. The number of rotatable bonds is 6. The Balaban J connectivity index is 2.06. The summed E-state index contributed by atoms with van der Waals surface area (Å²) in [5.74, 6) is -0.115. The second kappa shape index (κ2) is 7.95. The van der Waals surface area contributed by atoms with Gasteiger partial charge in [0.1, 0.15) is 0 Å². The molecule has 0 spiro atoms. The first kappa shape index (κ1) is 16.5. The van der Waals surface area contributed by atoms with E-state index in [-0.39, 0.29) is 5.75 Å². The molecule has 0 aliphatic rings.